The summed E-state index contributed by atoms with van der Waals surface area (Å²) >= 11 is 6.96. The molecule has 1 saturated heterocycles. The van der Waals surface area contributed by atoms with Gasteiger partial charge < -0.3 is 0 Å². The van der Waals surface area contributed by atoms with Crippen LogP contribution >= 0.6 is 22.9 Å². The fourth-order valence-electron chi connectivity index (χ4n) is 4.11. The molecule has 3 heterocycles. The molecule has 0 N–H and O–H groups in total. The van der Waals surface area contributed by atoms with Crippen LogP contribution in [0.25, 0.3) is 11.3 Å². The highest BCUT2D eigenvalue weighted by atomic mass is 35.5. The molecule has 0 saturated carbocycles. The third-order valence-corrected chi connectivity index (χ3v) is 7.15. The number of rotatable bonds is 6. The van der Waals surface area contributed by atoms with Crippen LogP contribution in [-0.2, 0) is 19.1 Å². The van der Waals surface area contributed by atoms with Crippen LogP contribution < -0.4 is 0 Å². The maximum atomic E-state index is 14.2. The lowest BCUT2D eigenvalue weighted by atomic mass is 10.1. The molecule has 0 aliphatic carbocycles. The summed E-state index contributed by atoms with van der Waals surface area (Å²) in [7, 11) is 0. The third kappa shape index (κ3) is 5.45. The maximum absolute atomic E-state index is 14.2. The summed E-state index contributed by atoms with van der Waals surface area (Å²) in [5.41, 5.74) is -0.692. The van der Waals surface area contributed by atoms with E-state index in [1.807, 2.05) is 0 Å². The second-order valence-electron chi connectivity index (χ2n) is 8.38. The van der Waals surface area contributed by atoms with E-state index < -0.39 is 17.6 Å². The van der Waals surface area contributed by atoms with Crippen LogP contribution in [0.1, 0.15) is 52.6 Å². The number of Topliss-reactive ketones (excluding diaryl/α,β-unsaturated/α-hetero) is 1. The van der Waals surface area contributed by atoms with Crippen LogP contribution in [0.2, 0.25) is 5.15 Å². The zero-order chi connectivity index (χ0) is 24.6. The number of hydrogen-bond donors (Lipinski definition) is 0. The minimum atomic E-state index is -4.70. The number of thiazole rings is 1. The van der Waals surface area contributed by atoms with Gasteiger partial charge in [-0.25, -0.2) is 19.3 Å². The molecule has 180 valence electrons. The monoisotopic (exact) mass is 512 g/mol. The van der Waals surface area contributed by atoms with Crippen molar-refractivity contribution in [3.05, 3.63) is 62.7 Å². The summed E-state index contributed by atoms with van der Waals surface area (Å²) in [5, 5.41) is 0.555. The normalized spacial score (nSPS) is 19.0. The van der Waals surface area contributed by atoms with Gasteiger partial charge in [-0.2, -0.15) is 13.2 Å². The van der Waals surface area contributed by atoms with Crippen molar-refractivity contribution < 1.29 is 22.4 Å². The molecule has 2 atom stereocenters. The number of alkyl halides is 3. The molecule has 11 heteroatoms. The number of likely N-dealkylation sites (tertiary alicyclic amines) is 1. The van der Waals surface area contributed by atoms with Gasteiger partial charge in [0.05, 0.1) is 30.1 Å². The van der Waals surface area contributed by atoms with Gasteiger partial charge in [0.25, 0.3) is 0 Å². The second-order valence-corrected chi connectivity index (χ2v) is 9.93. The predicted octanol–water partition coefficient (Wildman–Crippen LogP) is 6.21. The molecule has 0 bridgehead atoms. The average molecular weight is 513 g/mol. The molecular formula is C23H21ClF4N4OS. The van der Waals surface area contributed by atoms with Crippen LogP contribution in [0.4, 0.5) is 17.6 Å². The Morgan fingerprint density at radius 2 is 1.85 bits per heavy atom. The van der Waals surface area contributed by atoms with Crippen molar-refractivity contribution in [2.75, 3.05) is 0 Å². The van der Waals surface area contributed by atoms with Crippen LogP contribution in [0.3, 0.4) is 0 Å². The summed E-state index contributed by atoms with van der Waals surface area (Å²) in [6.07, 6.45) is -0.273. The zero-order valence-corrected chi connectivity index (χ0v) is 19.9. The molecule has 0 spiro atoms. The molecule has 1 aromatic carbocycles. The number of benzene rings is 1. The van der Waals surface area contributed by atoms with Gasteiger partial charge in [0.1, 0.15) is 21.7 Å². The van der Waals surface area contributed by atoms with Gasteiger partial charge in [0, 0.05) is 29.1 Å². The standard InChI is InChI=1S/C23H21ClF4N4OS/c1-12-3-4-13(2)32(12)11-19-22(14-5-15(23(26,27)28)7-16(25)6-14)31-21(34-19)8-18(33)17-9-30-20(24)10-29-17/h5-7,9-10,12-13H,3-4,8,11H2,1-2H3/t12-,13-/m1/s1. The number of nitrogens with zero attached hydrogens (tertiary/aromatic N) is 4. The summed E-state index contributed by atoms with van der Waals surface area (Å²) in [4.78, 5) is 27.9. The van der Waals surface area contributed by atoms with Gasteiger partial charge in [-0.1, -0.05) is 11.6 Å². The number of aromatic nitrogens is 3. The van der Waals surface area contributed by atoms with Gasteiger partial charge in [0.2, 0.25) is 0 Å². The summed E-state index contributed by atoms with van der Waals surface area (Å²) in [5.74, 6) is -1.35. The topological polar surface area (TPSA) is 59.0 Å². The van der Waals surface area contributed by atoms with E-state index in [0.29, 0.717) is 22.5 Å². The lowest BCUT2D eigenvalue weighted by Crippen LogP contribution is -2.31. The van der Waals surface area contributed by atoms with E-state index in [0.717, 1.165) is 25.0 Å². The Balaban J connectivity index is 1.72. The van der Waals surface area contributed by atoms with Crippen molar-refractivity contribution in [2.45, 2.75) is 57.9 Å². The van der Waals surface area contributed by atoms with Crippen LogP contribution in [0.5, 0.6) is 0 Å². The van der Waals surface area contributed by atoms with Gasteiger partial charge in [0.15, 0.2) is 5.78 Å². The van der Waals surface area contributed by atoms with Gasteiger partial charge in [-0.05, 0) is 44.9 Å². The lowest BCUT2D eigenvalue weighted by Gasteiger charge is -2.25. The Hall–Kier alpha value is -2.43. The minimum absolute atomic E-state index is 0.0306. The Kier molecular flexibility index (Phi) is 7.02. The van der Waals surface area contributed by atoms with Gasteiger partial charge in [-0.3, -0.25) is 9.69 Å². The van der Waals surface area contributed by atoms with Crippen LogP contribution in [0.15, 0.2) is 30.6 Å². The zero-order valence-electron chi connectivity index (χ0n) is 18.4. The maximum Gasteiger partial charge on any atom is 0.416 e. The van der Waals surface area contributed by atoms with E-state index in [1.54, 1.807) is 0 Å². The van der Waals surface area contributed by atoms with Crippen molar-refractivity contribution in [2.24, 2.45) is 0 Å². The molecule has 2 aromatic heterocycles. The molecule has 3 aromatic rings. The van der Waals surface area contributed by atoms with Gasteiger partial charge in [-0.15, -0.1) is 11.3 Å². The molecule has 1 aliphatic rings. The lowest BCUT2D eigenvalue weighted by molar-refractivity contribution is -0.137. The molecule has 34 heavy (non-hydrogen) atoms. The van der Waals surface area contributed by atoms with E-state index in [1.165, 1.54) is 23.7 Å². The van der Waals surface area contributed by atoms with Crippen molar-refractivity contribution >= 4 is 28.7 Å². The SMILES string of the molecule is C[C@@H]1CC[C@@H](C)N1Cc1sc(CC(=O)c2cnc(Cl)cn2)nc1-c1cc(F)cc(C(F)(F)F)c1. The first-order chi connectivity index (χ1) is 16.0. The van der Waals surface area contributed by atoms with Crippen molar-refractivity contribution in [3.8, 4) is 11.3 Å². The average Bonchev–Trinajstić information content (AvgIpc) is 3.31. The predicted molar refractivity (Wildman–Crippen MR) is 121 cm³/mol. The summed E-state index contributed by atoms with van der Waals surface area (Å²) < 4.78 is 54.1. The highest BCUT2D eigenvalue weighted by Gasteiger charge is 2.33. The van der Waals surface area contributed by atoms with Crippen LogP contribution in [0, 0.1) is 5.82 Å². The fourth-order valence-corrected chi connectivity index (χ4v) is 5.30. The molecule has 1 aliphatic heterocycles. The molecule has 0 radical (unpaired) electrons. The van der Waals surface area contributed by atoms with Crippen molar-refractivity contribution in [1.82, 2.24) is 19.9 Å². The molecule has 0 amide bonds. The van der Waals surface area contributed by atoms with E-state index in [2.05, 4.69) is 33.7 Å². The number of ketones is 1. The van der Waals surface area contributed by atoms with Crippen molar-refractivity contribution in [3.63, 3.8) is 0 Å². The Labute approximate surface area is 202 Å². The number of halogens is 5. The molecule has 1 fully saturated rings. The molecular weight excluding hydrogens is 492 g/mol. The second kappa shape index (κ2) is 9.67. The summed E-state index contributed by atoms with van der Waals surface area (Å²) in [6.45, 7) is 4.64. The Bertz CT molecular complexity index is 1190. The highest BCUT2D eigenvalue weighted by molar-refractivity contribution is 7.12. The molecule has 4 rings (SSSR count). The first-order valence-corrected chi connectivity index (χ1v) is 11.8. The third-order valence-electron chi connectivity index (χ3n) is 5.92. The Morgan fingerprint density at radius 1 is 1.15 bits per heavy atom. The van der Waals surface area contributed by atoms with Gasteiger partial charge >= 0.3 is 6.18 Å². The number of hydrogen-bond acceptors (Lipinski definition) is 6. The fraction of sp³-hybridized carbons (Fsp3) is 0.391. The first-order valence-electron chi connectivity index (χ1n) is 10.6. The largest absolute Gasteiger partial charge is 0.416 e. The van der Waals surface area contributed by atoms with E-state index in [9.17, 15) is 22.4 Å². The first kappa shape index (κ1) is 24.7. The highest BCUT2D eigenvalue weighted by Crippen LogP contribution is 2.37. The molecule has 0 unspecified atom stereocenters. The minimum Gasteiger partial charge on any atom is -0.293 e. The Morgan fingerprint density at radius 3 is 2.47 bits per heavy atom. The quantitative estimate of drug-likeness (QED) is 0.290. The van der Waals surface area contributed by atoms with Crippen LogP contribution in [-0.4, -0.2) is 37.7 Å². The van der Waals surface area contributed by atoms with Crippen molar-refractivity contribution in [1.29, 1.82) is 0 Å². The summed E-state index contributed by atoms with van der Waals surface area (Å²) in [6, 6.07) is 2.98. The number of carbonyl (C=O) groups excluding carboxylic acids is 1. The molecule has 5 nitrogen and oxygen atoms in total. The number of carbonyl (C=O) groups is 1. The van der Waals surface area contributed by atoms with E-state index in [4.69, 9.17) is 11.6 Å². The smallest absolute Gasteiger partial charge is 0.293 e. The van der Waals surface area contributed by atoms with E-state index in [-0.39, 0.29) is 46.4 Å². The van der Waals surface area contributed by atoms with E-state index >= 15 is 0 Å².